The molecule has 0 amide bonds. The molecule has 7 aromatic carbocycles. The molecule has 0 saturated carbocycles. The van der Waals surface area contributed by atoms with Crippen LogP contribution in [0, 0.1) is 0 Å². The molecule has 3 unspecified atom stereocenters. The molecule has 2 nitrogen and oxygen atoms in total. The number of rotatable bonds is 2. The minimum absolute atomic E-state index is 0.0314. The van der Waals surface area contributed by atoms with Crippen molar-refractivity contribution in [3.63, 3.8) is 0 Å². The van der Waals surface area contributed by atoms with Gasteiger partial charge in [0, 0.05) is 11.8 Å². The second kappa shape index (κ2) is 11.9. The summed E-state index contributed by atoms with van der Waals surface area (Å²) in [5, 5.41) is 0. The van der Waals surface area contributed by atoms with Crippen molar-refractivity contribution in [1.29, 1.82) is 0 Å². The maximum atomic E-state index is 15.4. The fourth-order valence-electron chi connectivity index (χ4n) is 9.59. The van der Waals surface area contributed by atoms with Crippen molar-refractivity contribution in [1.82, 2.24) is 0 Å². The first-order valence-corrected chi connectivity index (χ1v) is 19.6. The van der Waals surface area contributed by atoms with Crippen molar-refractivity contribution in [2.75, 3.05) is 0 Å². The Labute approximate surface area is 305 Å². The summed E-state index contributed by atoms with van der Waals surface area (Å²) >= 11 is 0. The quantitative estimate of drug-likeness (QED) is 0.181. The lowest BCUT2D eigenvalue weighted by Crippen LogP contribution is -2.40. The fourth-order valence-corrected chi connectivity index (χ4v) is 11.6. The molecule has 3 heteroatoms. The Morgan fingerprint density at radius 3 is 1.90 bits per heavy atom. The largest absolute Gasteiger partial charge is 0.218 e. The molecular weight excluding hydrogens is 653 g/mol. The van der Waals surface area contributed by atoms with Crippen molar-refractivity contribution >= 4 is 15.9 Å². The highest BCUT2D eigenvalue weighted by atomic mass is 32.2. The third kappa shape index (κ3) is 4.39. The standard InChI is InChI=1S/C49H36O2S/c50-52(51)47-26-14-13-25-45(47)49(43-23-11-7-19-35(43)27-28-37(34-17-5-2-6-18-34)41-22-10-12-24-44(41)49)46-32-31-40-39-21-9-8-20-38(39)36(29-30-42(40)48(46)52)33-15-3-1-4-16-33/h1-28,31-32,36-37H,29-30H2/b28-27+. The predicted octanol–water partition coefficient (Wildman–Crippen LogP) is 11.1. The number of sulfone groups is 1. The highest BCUT2D eigenvalue weighted by Crippen LogP contribution is 2.59. The van der Waals surface area contributed by atoms with Crippen molar-refractivity contribution < 1.29 is 8.42 Å². The number of benzene rings is 7. The summed E-state index contributed by atoms with van der Waals surface area (Å²) in [6, 6.07) is 59.3. The van der Waals surface area contributed by atoms with Crippen molar-refractivity contribution in [3.8, 4) is 11.1 Å². The Hall–Kier alpha value is -5.77. The van der Waals surface area contributed by atoms with E-state index in [-0.39, 0.29) is 11.8 Å². The smallest absolute Gasteiger partial charge is 0.207 e. The van der Waals surface area contributed by atoms with E-state index >= 15 is 8.42 Å². The van der Waals surface area contributed by atoms with Crippen LogP contribution in [0.25, 0.3) is 17.2 Å². The van der Waals surface area contributed by atoms with Gasteiger partial charge in [0.05, 0.1) is 15.2 Å². The highest BCUT2D eigenvalue weighted by molar-refractivity contribution is 7.91. The van der Waals surface area contributed by atoms with Crippen LogP contribution in [0.2, 0.25) is 0 Å². The zero-order valence-corrected chi connectivity index (χ0v) is 29.4. The molecule has 0 bridgehead atoms. The fraction of sp³-hybridized carbons (Fsp3) is 0.102. The van der Waals surface area contributed by atoms with Gasteiger partial charge in [0.2, 0.25) is 9.84 Å². The van der Waals surface area contributed by atoms with E-state index in [0.717, 1.165) is 50.9 Å². The summed E-state index contributed by atoms with van der Waals surface area (Å²) in [5.41, 5.74) is 11.9. The molecule has 3 aliphatic rings. The zero-order valence-electron chi connectivity index (χ0n) is 28.6. The molecule has 0 aromatic heterocycles. The predicted molar refractivity (Wildman–Crippen MR) is 210 cm³/mol. The van der Waals surface area contributed by atoms with Gasteiger partial charge in [0.25, 0.3) is 0 Å². The van der Waals surface area contributed by atoms with E-state index in [4.69, 9.17) is 0 Å². The van der Waals surface area contributed by atoms with Gasteiger partial charge in [-0.1, -0.05) is 176 Å². The van der Waals surface area contributed by atoms with Gasteiger partial charge in [-0.05, 0) is 85.7 Å². The molecule has 7 aromatic rings. The van der Waals surface area contributed by atoms with Crippen LogP contribution in [0.4, 0.5) is 0 Å². The Morgan fingerprint density at radius 1 is 0.500 bits per heavy atom. The maximum absolute atomic E-state index is 15.4. The van der Waals surface area contributed by atoms with E-state index in [0.29, 0.717) is 16.2 Å². The van der Waals surface area contributed by atoms with Crippen molar-refractivity contribution in [2.45, 2.75) is 39.9 Å². The van der Waals surface area contributed by atoms with Crippen LogP contribution in [0.3, 0.4) is 0 Å². The van der Waals surface area contributed by atoms with Crippen molar-refractivity contribution in [3.05, 3.63) is 232 Å². The lowest BCUT2D eigenvalue weighted by Gasteiger charge is -2.45. The van der Waals surface area contributed by atoms with Gasteiger partial charge in [-0.15, -0.1) is 0 Å². The van der Waals surface area contributed by atoms with E-state index in [1.165, 1.54) is 22.3 Å². The van der Waals surface area contributed by atoms with Gasteiger partial charge >= 0.3 is 0 Å². The molecule has 250 valence electrons. The van der Waals surface area contributed by atoms with Gasteiger partial charge in [-0.2, -0.15) is 0 Å². The Bertz CT molecular complexity index is 2660. The monoisotopic (exact) mass is 688 g/mol. The van der Waals surface area contributed by atoms with E-state index in [9.17, 15) is 0 Å². The van der Waals surface area contributed by atoms with Crippen molar-refractivity contribution in [2.24, 2.45) is 0 Å². The number of allylic oxidation sites excluding steroid dienone is 1. The van der Waals surface area contributed by atoms with Crippen LogP contribution in [0.5, 0.6) is 0 Å². The van der Waals surface area contributed by atoms with E-state index in [2.05, 4.69) is 164 Å². The molecule has 0 saturated heterocycles. The number of hydrogen-bond donors (Lipinski definition) is 0. The van der Waals surface area contributed by atoms with Crippen LogP contribution in [-0.4, -0.2) is 8.42 Å². The average Bonchev–Trinajstić information content (AvgIpc) is 3.36. The molecule has 10 rings (SSSR count). The first-order chi connectivity index (χ1) is 25.6. The molecule has 1 spiro atoms. The molecule has 3 atom stereocenters. The molecule has 1 heterocycles. The SMILES string of the molecule is O=S1(=O)c2ccccc2C2(c3ccccc3/C=C/C(c3ccccc3)c3ccccc32)c2ccc3c(c21)CCC(c1ccccc1)c1ccccc1-3. The maximum Gasteiger partial charge on any atom is 0.207 e. The zero-order chi connectivity index (χ0) is 34.9. The molecule has 1 aliphatic heterocycles. The molecule has 2 aliphatic carbocycles. The minimum Gasteiger partial charge on any atom is -0.218 e. The average molecular weight is 689 g/mol. The van der Waals surface area contributed by atoms with Crippen LogP contribution < -0.4 is 0 Å². The summed E-state index contributed by atoms with van der Waals surface area (Å²) in [4.78, 5) is 0.857. The molecular formula is C49H36O2S. The first-order valence-electron chi connectivity index (χ1n) is 18.2. The second-order valence-corrected chi connectivity index (χ2v) is 16.1. The molecule has 52 heavy (non-hydrogen) atoms. The highest BCUT2D eigenvalue weighted by Gasteiger charge is 2.52. The first kappa shape index (κ1) is 31.0. The van der Waals surface area contributed by atoms with E-state index in [1.54, 1.807) is 0 Å². The van der Waals surface area contributed by atoms with E-state index in [1.807, 2.05) is 18.2 Å². The lowest BCUT2D eigenvalue weighted by molar-refractivity contribution is 0.574. The third-order valence-electron chi connectivity index (χ3n) is 11.7. The Morgan fingerprint density at radius 2 is 1.12 bits per heavy atom. The van der Waals surface area contributed by atoms with Crippen LogP contribution in [0.1, 0.15) is 73.9 Å². The molecule has 0 radical (unpaired) electrons. The number of hydrogen-bond acceptors (Lipinski definition) is 2. The van der Waals surface area contributed by atoms with Crippen LogP contribution in [-0.2, 0) is 21.7 Å². The topological polar surface area (TPSA) is 34.1 Å². The van der Waals surface area contributed by atoms with Gasteiger partial charge in [-0.3, -0.25) is 0 Å². The summed E-state index contributed by atoms with van der Waals surface area (Å²) in [6.45, 7) is 0. The van der Waals surface area contributed by atoms with Gasteiger partial charge in [-0.25, -0.2) is 8.42 Å². The Balaban J connectivity index is 1.34. The van der Waals surface area contributed by atoms with Crippen LogP contribution in [0.15, 0.2) is 186 Å². The second-order valence-electron chi connectivity index (χ2n) is 14.2. The normalized spacial score (nSPS) is 21.1. The summed E-state index contributed by atoms with van der Waals surface area (Å²) in [6.07, 6.45) is 6.00. The van der Waals surface area contributed by atoms with Gasteiger partial charge < -0.3 is 0 Å². The molecule has 0 N–H and O–H groups in total. The summed E-state index contributed by atoms with van der Waals surface area (Å²) in [5.74, 6) is 0.115. The summed E-state index contributed by atoms with van der Waals surface area (Å²) in [7, 11) is -3.93. The van der Waals surface area contributed by atoms with Crippen LogP contribution >= 0.6 is 0 Å². The van der Waals surface area contributed by atoms with E-state index < -0.39 is 15.3 Å². The van der Waals surface area contributed by atoms with Gasteiger partial charge in [0.1, 0.15) is 0 Å². The minimum atomic E-state index is -3.93. The Kier molecular flexibility index (Phi) is 7.10. The number of fused-ring (bicyclic) bond motifs is 12. The lowest BCUT2D eigenvalue weighted by atomic mass is 9.60. The third-order valence-corrected chi connectivity index (χ3v) is 13.7. The molecule has 0 fully saturated rings. The summed E-state index contributed by atoms with van der Waals surface area (Å²) < 4.78 is 30.8. The van der Waals surface area contributed by atoms with Gasteiger partial charge in [0.15, 0.2) is 0 Å².